The summed E-state index contributed by atoms with van der Waals surface area (Å²) in [7, 11) is 0. The molecule has 29 heavy (non-hydrogen) atoms. The van der Waals surface area contributed by atoms with Crippen molar-refractivity contribution in [3.8, 4) is 11.5 Å². The van der Waals surface area contributed by atoms with Crippen LogP contribution in [-0.2, 0) is 16.2 Å². The van der Waals surface area contributed by atoms with Crippen molar-refractivity contribution in [2.24, 2.45) is 5.10 Å². The zero-order valence-corrected chi connectivity index (χ0v) is 16.7. The molecular weight excluding hydrogens is 394 g/mol. The van der Waals surface area contributed by atoms with Crippen molar-refractivity contribution >= 4 is 29.6 Å². The second kappa shape index (κ2) is 11.5. The molecule has 0 atom stereocenters. The fourth-order valence-electron chi connectivity index (χ4n) is 2.24. The molecule has 0 aliphatic heterocycles. The minimum absolute atomic E-state index is 0.199. The maximum atomic E-state index is 11.6. The Hall–Kier alpha value is -3.32. The van der Waals surface area contributed by atoms with Crippen LogP contribution in [0.2, 0.25) is 5.02 Å². The Morgan fingerprint density at radius 1 is 1.14 bits per heavy atom. The Morgan fingerprint density at radius 3 is 2.69 bits per heavy atom. The molecule has 0 bridgehead atoms. The van der Waals surface area contributed by atoms with E-state index in [1.165, 1.54) is 12.3 Å². The molecule has 0 heterocycles. The van der Waals surface area contributed by atoms with E-state index in [-0.39, 0.29) is 6.54 Å². The molecule has 2 N–H and O–H groups in total. The van der Waals surface area contributed by atoms with E-state index >= 15 is 0 Å². The van der Waals surface area contributed by atoms with Gasteiger partial charge in [0.2, 0.25) is 0 Å². The molecule has 0 saturated heterocycles. The third-order valence-corrected chi connectivity index (χ3v) is 3.78. The van der Waals surface area contributed by atoms with Gasteiger partial charge in [-0.25, -0.2) is 5.43 Å². The number of ether oxygens (including phenoxy) is 2. The number of carbonyl (C=O) groups is 2. The van der Waals surface area contributed by atoms with E-state index in [4.69, 9.17) is 21.1 Å². The molecule has 0 aliphatic rings. The molecule has 0 aromatic heterocycles. The lowest BCUT2D eigenvalue weighted by Gasteiger charge is -2.12. The standard InChI is InChI=1S/C21H22ClN3O4/c1-3-10-23-20(26)21(27)25-24-13-15-8-9-18(19(12-15)28-4-2)29-14-16-6-5-7-17(22)11-16/h3,5-9,11-13H,1,4,10,14H2,2H3,(H,23,26)(H,25,27)/b24-13-. The first kappa shape index (κ1) is 22.0. The van der Waals surface area contributed by atoms with Crippen molar-refractivity contribution in [1.29, 1.82) is 0 Å². The van der Waals surface area contributed by atoms with Crippen LogP contribution in [-0.4, -0.2) is 31.2 Å². The summed E-state index contributed by atoms with van der Waals surface area (Å²) in [4.78, 5) is 23.0. The number of halogens is 1. The Kier molecular flexibility index (Phi) is 8.72. The quantitative estimate of drug-likeness (QED) is 0.285. The predicted octanol–water partition coefficient (Wildman–Crippen LogP) is 3.07. The molecule has 2 aromatic rings. The van der Waals surface area contributed by atoms with Gasteiger partial charge in [-0.1, -0.05) is 29.8 Å². The number of hydrogen-bond donors (Lipinski definition) is 2. The van der Waals surface area contributed by atoms with Crippen LogP contribution in [0, 0.1) is 0 Å². The molecule has 0 radical (unpaired) electrons. The molecule has 0 spiro atoms. The summed E-state index contributed by atoms with van der Waals surface area (Å²) < 4.78 is 11.5. The topological polar surface area (TPSA) is 89.0 Å². The van der Waals surface area contributed by atoms with Gasteiger partial charge in [0.15, 0.2) is 11.5 Å². The fraction of sp³-hybridized carbons (Fsp3) is 0.190. The normalized spacial score (nSPS) is 10.4. The maximum absolute atomic E-state index is 11.6. The summed E-state index contributed by atoms with van der Waals surface area (Å²) >= 11 is 5.99. The van der Waals surface area contributed by atoms with E-state index in [9.17, 15) is 9.59 Å². The van der Waals surface area contributed by atoms with Crippen molar-refractivity contribution in [3.63, 3.8) is 0 Å². The van der Waals surface area contributed by atoms with Crippen molar-refractivity contribution in [1.82, 2.24) is 10.7 Å². The highest BCUT2D eigenvalue weighted by atomic mass is 35.5. The van der Waals surface area contributed by atoms with E-state index in [2.05, 4.69) is 22.4 Å². The zero-order chi connectivity index (χ0) is 21.1. The number of nitrogens with zero attached hydrogens (tertiary/aromatic N) is 1. The third kappa shape index (κ3) is 7.31. The van der Waals surface area contributed by atoms with Crippen molar-refractivity contribution < 1.29 is 19.1 Å². The number of hydrazone groups is 1. The van der Waals surface area contributed by atoms with Crippen molar-refractivity contribution in [2.45, 2.75) is 13.5 Å². The van der Waals surface area contributed by atoms with E-state index in [1.807, 2.05) is 25.1 Å². The van der Waals surface area contributed by atoms with Gasteiger partial charge in [-0.15, -0.1) is 6.58 Å². The molecule has 0 saturated carbocycles. The van der Waals surface area contributed by atoms with Crippen LogP contribution in [0.1, 0.15) is 18.1 Å². The van der Waals surface area contributed by atoms with Crippen molar-refractivity contribution in [3.05, 3.63) is 71.3 Å². The van der Waals surface area contributed by atoms with Crippen LogP contribution in [0.5, 0.6) is 11.5 Å². The van der Waals surface area contributed by atoms with Crippen LogP contribution in [0.25, 0.3) is 0 Å². The zero-order valence-electron chi connectivity index (χ0n) is 16.0. The van der Waals surface area contributed by atoms with Crippen LogP contribution < -0.4 is 20.2 Å². The van der Waals surface area contributed by atoms with Gasteiger partial charge in [0, 0.05) is 11.6 Å². The molecule has 2 aromatic carbocycles. The number of carbonyl (C=O) groups excluding carboxylic acids is 2. The lowest BCUT2D eigenvalue weighted by Crippen LogP contribution is -2.37. The average Bonchev–Trinajstić information content (AvgIpc) is 2.71. The molecular formula is C21H22ClN3O4. The van der Waals surface area contributed by atoms with E-state index in [0.29, 0.717) is 35.3 Å². The summed E-state index contributed by atoms with van der Waals surface area (Å²) in [6.45, 7) is 6.31. The van der Waals surface area contributed by atoms with E-state index in [1.54, 1.807) is 24.3 Å². The minimum Gasteiger partial charge on any atom is -0.490 e. The Labute approximate surface area is 174 Å². The monoisotopic (exact) mass is 415 g/mol. The minimum atomic E-state index is -0.866. The van der Waals surface area contributed by atoms with Gasteiger partial charge in [0.25, 0.3) is 0 Å². The van der Waals surface area contributed by atoms with Gasteiger partial charge in [0.1, 0.15) is 6.61 Å². The number of amides is 2. The Balaban J connectivity index is 2.01. The van der Waals surface area contributed by atoms with Gasteiger partial charge in [0.05, 0.1) is 12.8 Å². The first-order valence-electron chi connectivity index (χ1n) is 8.89. The molecule has 0 aliphatic carbocycles. The number of hydrogen-bond acceptors (Lipinski definition) is 5. The SMILES string of the molecule is C=CCNC(=O)C(=O)N/N=C\c1ccc(OCc2cccc(Cl)c2)c(OCC)c1. The Morgan fingerprint density at radius 2 is 1.97 bits per heavy atom. The first-order valence-corrected chi connectivity index (χ1v) is 9.27. The maximum Gasteiger partial charge on any atom is 0.329 e. The van der Waals surface area contributed by atoms with Crippen LogP contribution in [0.15, 0.2) is 60.2 Å². The first-order chi connectivity index (χ1) is 14.0. The summed E-state index contributed by atoms with van der Waals surface area (Å²) in [5.74, 6) is -0.554. The molecule has 2 amide bonds. The smallest absolute Gasteiger partial charge is 0.329 e. The molecule has 7 nitrogen and oxygen atoms in total. The van der Waals surface area contributed by atoms with Gasteiger partial charge in [-0.05, 0) is 48.4 Å². The van der Waals surface area contributed by atoms with Crippen LogP contribution in [0.3, 0.4) is 0 Å². The highest BCUT2D eigenvalue weighted by molar-refractivity contribution is 6.35. The van der Waals surface area contributed by atoms with Gasteiger partial charge < -0.3 is 14.8 Å². The lowest BCUT2D eigenvalue weighted by atomic mass is 10.2. The fourth-order valence-corrected chi connectivity index (χ4v) is 2.45. The molecule has 2 rings (SSSR count). The average molecular weight is 416 g/mol. The van der Waals surface area contributed by atoms with E-state index < -0.39 is 11.8 Å². The molecule has 152 valence electrons. The molecule has 8 heteroatoms. The largest absolute Gasteiger partial charge is 0.490 e. The van der Waals surface area contributed by atoms with Crippen LogP contribution >= 0.6 is 11.6 Å². The predicted molar refractivity (Wildman–Crippen MR) is 112 cm³/mol. The second-order valence-corrected chi connectivity index (χ2v) is 6.19. The lowest BCUT2D eigenvalue weighted by molar-refractivity contribution is -0.139. The molecule has 0 fully saturated rings. The highest BCUT2D eigenvalue weighted by Gasteiger charge is 2.11. The van der Waals surface area contributed by atoms with E-state index in [0.717, 1.165) is 5.56 Å². The summed E-state index contributed by atoms with van der Waals surface area (Å²) in [5, 5.41) is 6.78. The highest BCUT2D eigenvalue weighted by Crippen LogP contribution is 2.29. The van der Waals surface area contributed by atoms with Crippen molar-refractivity contribution in [2.75, 3.05) is 13.2 Å². The third-order valence-electron chi connectivity index (χ3n) is 3.54. The number of rotatable bonds is 9. The summed E-state index contributed by atoms with van der Waals surface area (Å²) in [5.41, 5.74) is 3.75. The van der Waals surface area contributed by atoms with Crippen LogP contribution in [0.4, 0.5) is 0 Å². The Bertz CT molecular complexity index is 899. The van der Waals surface area contributed by atoms with Gasteiger partial charge in [-0.3, -0.25) is 9.59 Å². The number of nitrogens with one attached hydrogen (secondary N) is 2. The summed E-state index contributed by atoms with van der Waals surface area (Å²) in [6, 6.07) is 12.6. The van der Waals surface area contributed by atoms with Gasteiger partial charge >= 0.3 is 11.8 Å². The second-order valence-electron chi connectivity index (χ2n) is 5.76. The summed E-state index contributed by atoms with van der Waals surface area (Å²) in [6.07, 6.45) is 2.88. The number of benzene rings is 2. The molecule has 0 unspecified atom stereocenters. The van der Waals surface area contributed by atoms with Gasteiger partial charge in [-0.2, -0.15) is 5.10 Å².